The van der Waals surface area contributed by atoms with Crippen molar-refractivity contribution >= 4 is 22.6 Å². The lowest BCUT2D eigenvalue weighted by atomic mass is 9.99. The van der Waals surface area contributed by atoms with Crippen LogP contribution in [0.15, 0.2) is 18.2 Å². The van der Waals surface area contributed by atoms with Crippen molar-refractivity contribution in [1.82, 2.24) is 0 Å². The van der Waals surface area contributed by atoms with Crippen LogP contribution in [0.25, 0.3) is 0 Å². The molecule has 0 radical (unpaired) electrons. The van der Waals surface area contributed by atoms with Crippen LogP contribution in [-0.2, 0) is 0 Å². The summed E-state index contributed by atoms with van der Waals surface area (Å²) in [6.45, 7) is 4.43. The van der Waals surface area contributed by atoms with Crippen molar-refractivity contribution in [1.29, 1.82) is 0 Å². The van der Waals surface area contributed by atoms with Crippen molar-refractivity contribution in [2.75, 3.05) is 0 Å². The van der Waals surface area contributed by atoms with Gasteiger partial charge in [-0.05, 0) is 47.1 Å². The Morgan fingerprint density at radius 3 is 2.25 bits per heavy atom. The lowest BCUT2D eigenvalue weighted by molar-refractivity contribution is 0.535. The average Bonchev–Trinajstić information content (AvgIpc) is 2.44. The molecule has 0 saturated carbocycles. The minimum atomic E-state index is 0.210. The van der Waals surface area contributed by atoms with Crippen LogP contribution < -0.4 is 5.73 Å². The first kappa shape index (κ1) is 18.0. The lowest BCUT2D eigenvalue weighted by Crippen LogP contribution is -2.12. The number of rotatable bonds is 10. The highest BCUT2D eigenvalue weighted by atomic mass is 127. The molecule has 2 N–H and O–H groups in total. The summed E-state index contributed by atoms with van der Waals surface area (Å²) >= 11 is 2.43. The molecule has 0 aromatic heterocycles. The van der Waals surface area contributed by atoms with Gasteiger partial charge in [0.2, 0.25) is 0 Å². The van der Waals surface area contributed by atoms with Crippen molar-refractivity contribution in [3.8, 4) is 0 Å². The topological polar surface area (TPSA) is 26.0 Å². The normalized spacial score (nSPS) is 12.6. The van der Waals surface area contributed by atoms with Crippen molar-refractivity contribution in [2.45, 2.75) is 77.7 Å². The molecule has 0 fully saturated rings. The summed E-state index contributed by atoms with van der Waals surface area (Å²) in [6, 6.07) is 6.68. The van der Waals surface area contributed by atoms with Crippen LogP contribution >= 0.6 is 22.6 Å². The molecule has 114 valence electrons. The molecule has 1 rings (SSSR count). The van der Waals surface area contributed by atoms with E-state index in [1.54, 1.807) is 0 Å². The second kappa shape index (κ2) is 10.6. The molecule has 0 spiro atoms. The minimum absolute atomic E-state index is 0.210. The van der Waals surface area contributed by atoms with Crippen LogP contribution in [-0.4, -0.2) is 0 Å². The van der Waals surface area contributed by atoms with E-state index in [1.165, 1.54) is 66.1 Å². The van der Waals surface area contributed by atoms with E-state index in [4.69, 9.17) is 5.73 Å². The van der Waals surface area contributed by atoms with E-state index in [-0.39, 0.29) is 6.04 Å². The fourth-order valence-electron chi connectivity index (χ4n) is 2.61. The van der Waals surface area contributed by atoms with Gasteiger partial charge in [0.05, 0.1) is 0 Å². The Kier molecular flexibility index (Phi) is 9.53. The zero-order valence-electron chi connectivity index (χ0n) is 13.1. The van der Waals surface area contributed by atoms with E-state index >= 15 is 0 Å². The Hall–Kier alpha value is -0.0900. The Morgan fingerprint density at radius 1 is 1.00 bits per heavy atom. The second-order valence-electron chi connectivity index (χ2n) is 5.85. The highest BCUT2D eigenvalue weighted by Crippen LogP contribution is 2.25. The molecule has 0 aliphatic rings. The van der Waals surface area contributed by atoms with Crippen molar-refractivity contribution < 1.29 is 0 Å². The number of unbranched alkanes of at least 4 members (excludes halogenated alkanes) is 7. The molecule has 1 aromatic rings. The van der Waals surface area contributed by atoms with E-state index in [9.17, 15) is 0 Å². The van der Waals surface area contributed by atoms with Gasteiger partial charge in [0.25, 0.3) is 0 Å². The fourth-order valence-corrected chi connectivity index (χ4v) is 3.37. The van der Waals surface area contributed by atoms with Gasteiger partial charge < -0.3 is 5.73 Å². The van der Waals surface area contributed by atoms with E-state index in [2.05, 4.69) is 54.6 Å². The zero-order chi connectivity index (χ0) is 14.8. The van der Waals surface area contributed by atoms with Gasteiger partial charge >= 0.3 is 0 Å². The Labute approximate surface area is 138 Å². The van der Waals surface area contributed by atoms with E-state index in [0.29, 0.717) is 0 Å². The number of hydrogen-bond acceptors (Lipinski definition) is 1. The predicted molar refractivity (Wildman–Crippen MR) is 98.1 cm³/mol. The summed E-state index contributed by atoms with van der Waals surface area (Å²) in [7, 11) is 0. The molecule has 0 saturated heterocycles. The maximum absolute atomic E-state index is 6.34. The van der Waals surface area contributed by atoms with Crippen LogP contribution in [0.5, 0.6) is 0 Å². The lowest BCUT2D eigenvalue weighted by Gasteiger charge is -2.15. The summed E-state index contributed by atoms with van der Waals surface area (Å²) in [4.78, 5) is 0. The van der Waals surface area contributed by atoms with Crippen LogP contribution in [0.1, 0.15) is 81.9 Å². The third-order valence-corrected chi connectivity index (χ3v) is 5.46. The van der Waals surface area contributed by atoms with Gasteiger partial charge in [0, 0.05) is 9.61 Å². The second-order valence-corrected chi connectivity index (χ2v) is 6.93. The number of nitrogens with two attached hydrogens (primary N) is 1. The van der Waals surface area contributed by atoms with Gasteiger partial charge in [-0.3, -0.25) is 0 Å². The summed E-state index contributed by atoms with van der Waals surface area (Å²) in [5.41, 5.74) is 9.01. The molecule has 1 nitrogen and oxygen atoms in total. The van der Waals surface area contributed by atoms with Crippen molar-refractivity contribution in [3.05, 3.63) is 32.9 Å². The van der Waals surface area contributed by atoms with Crippen LogP contribution in [0.4, 0.5) is 0 Å². The Balaban J connectivity index is 2.17. The molecule has 0 bridgehead atoms. The first-order chi connectivity index (χ1) is 9.66. The highest BCUT2D eigenvalue weighted by molar-refractivity contribution is 14.1. The SMILES string of the molecule is CCCCCCCCCCC(N)c1cccc(C)c1I. The Bertz CT molecular complexity index is 376. The molecule has 0 amide bonds. The number of hydrogen-bond donors (Lipinski definition) is 1. The first-order valence-electron chi connectivity index (χ1n) is 8.17. The summed E-state index contributed by atoms with van der Waals surface area (Å²) in [5.74, 6) is 0. The number of benzene rings is 1. The molecular weight excluding hydrogens is 357 g/mol. The molecule has 1 atom stereocenters. The third kappa shape index (κ3) is 6.57. The molecular formula is C18H30IN. The van der Waals surface area contributed by atoms with Crippen molar-refractivity contribution in [3.63, 3.8) is 0 Å². The molecule has 0 heterocycles. The Morgan fingerprint density at radius 2 is 1.60 bits per heavy atom. The molecule has 2 heteroatoms. The third-order valence-electron chi connectivity index (χ3n) is 3.99. The predicted octanol–water partition coefficient (Wildman–Crippen LogP) is 6.13. The maximum Gasteiger partial charge on any atom is 0.0305 e. The van der Waals surface area contributed by atoms with Gasteiger partial charge in [-0.25, -0.2) is 0 Å². The smallest absolute Gasteiger partial charge is 0.0305 e. The summed E-state index contributed by atoms with van der Waals surface area (Å²) in [6.07, 6.45) is 12.1. The van der Waals surface area contributed by atoms with Gasteiger partial charge in [-0.15, -0.1) is 0 Å². The molecule has 20 heavy (non-hydrogen) atoms. The number of halogens is 1. The summed E-state index contributed by atoms with van der Waals surface area (Å²) in [5, 5.41) is 0. The van der Waals surface area contributed by atoms with E-state index < -0.39 is 0 Å². The fraction of sp³-hybridized carbons (Fsp3) is 0.667. The molecule has 1 unspecified atom stereocenters. The van der Waals surface area contributed by atoms with Crippen LogP contribution in [0.2, 0.25) is 0 Å². The van der Waals surface area contributed by atoms with Crippen LogP contribution in [0, 0.1) is 10.5 Å². The molecule has 0 aliphatic carbocycles. The van der Waals surface area contributed by atoms with Gasteiger partial charge in [-0.1, -0.05) is 76.5 Å². The van der Waals surface area contributed by atoms with E-state index in [0.717, 1.165) is 6.42 Å². The maximum atomic E-state index is 6.34. The quantitative estimate of drug-likeness (QED) is 0.379. The van der Waals surface area contributed by atoms with Gasteiger partial charge in [0.1, 0.15) is 0 Å². The zero-order valence-corrected chi connectivity index (χ0v) is 15.3. The van der Waals surface area contributed by atoms with E-state index in [1.807, 2.05) is 0 Å². The minimum Gasteiger partial charge on any atom is -0.324 e. The standard InChI is InChI=1S/C18H30IN/c1-3-4-5-6-7-8-9-10-14-17(20)16-13-11-12-15(2)18(16)19/h11-13,17H,3-10,14,20H2,1-2H3. The van der Waals surface area contributed by atoms with Gasteiger partial charge in [-0.2, -0.15) is 0 Å². The number of aryl methyl sites for hydroxylation is 1. The first-order valence-corrected chi connectivity index (χ1v) is 9.25. The van der Waals surface area contributed by atoms with Crippen LogP contribution in [0.3, 0.4) is 0 Å². The largest absolute Gasteiger partial charge is 0.324 e. The monoisotopic (exact) mass is 387 g/mol. The van der Waals surface area contributed by atoms with Gasteiger partial charge in [0.15, 0.2) is 0 Å². The average molecular weight is 387 g/mol. The molecule has 0 aliphatic heterocycles. The molecule has 1 aromatic carbocycles. The van der Waals surface area contributed by atoms with Crippen molar-refractivity contribution in [2.24, 2.45) is 5.73 Å². The highest BCUT2D eigenvalue weighted by Gasteiger charge is 2.10. The summed E-state index contributed by atoms with van der Waals surface area (Å²) < 4.78 is 1.34.